The first-order valence-corrected chi connectivity index (χ1v) is 13.5. The molecule has 7 atom stereocenters. The lowest BCUT2D eigenvalue weighted by molar-refractivity contribution is -0.149. The van der Waals surface area contributed by atoms with E-state index in [1.54, 1.807) is 32.0 Å². The van der Waals surface area contributed by atoms with Crippen LogP contribution in [0.5, 0.6) is 5.75 Å². The number of alkyl halides is 1. The Bertz CT molecular complexity index is 1500. The lowest BCUT2D eigenvalue weighted by Crippen LogP contribution is -2.47. The molecule has 1 aromatic carbocycles. The Labute approximate surface area is 222 Å². The number of carbonyl (C=O) groups is 1. The van der Waals surface area contributed by atoms with Gasteiger partial charge in [0.05, 0.1) is 12.4 Å². The number of para-hydroxylation sites is 1. The summed E-state index contributed by atoms with van der Waals surface area (Å²) >= 11 is 0. The van der Waals surface area contributed by atoms with Gasteiger partial charge in [-0.25, -0.2) is 23.9 Å². The molecule has 3 heterocycles. The average molecular weight is 560 g/mol. The highest BCUT2D eigenvalue weighted by atomic mass is 31.2. The maximum absolute atomic E-state index is 16.5. The Morgan fingerprint density at radius 3 is 2.69 bits per heavy atom. The number of hydrogen-bond acceptors (Lipinski definition) is 11. The van der Waals surface area contributed by atoms with Gasteiger partial charge in [0, 0.05) is 0 Å². The van der Waals surface area contributed by atoms with Crippen LogP contribution in [-0.4, -0.2) is 66.2 Å². The van der Waals surface area contributed by atoms with E-state index in [2.05, 4.69) is 20.0 Å². The monoisotopic (exact) mass is 560 g/mol. The van der Waals surface area contributed by atoms with Crippen LogP contribution in [0.2, 0.25) is 0 Å². The van der Waals surface area contributed by atoms with Gasteiger partial charge in [-0.05, 0) is 32.9 Å². The van der Waals surface area contributed by atoms with Crippen LogP contribution >= 0.6 is 7.75 Å². The highest BCUT2D eigenvalue weighted by Gasteiger charge is 2.87. The summed E-state index contributed by atoms with van der Waals surface area (Å²) in [6, 6.07) is 6.80. The van der Waals surface area contributed by atoms with E-state index in [4.69, 9.17) is 30.7 Å². The van der Waals surface area contributed by atoms with Crippen LogP contribution in [0.3, 0.4) is 0 Å². The number of rotatable bonds is 9. The highest BCUT2D eigenvalue weighted by Crippen LogP contribution is 2.66. The molecular formula is C24H26FN6O7P. The number of aromatic nitrogens is 4. The summed E-state index contributed by atoms with van der Waals surface area (Å²) < 4.78 is 53.7. The number of hydrogen-bond donors (Lipinski definition) is 3. The van der Waals surface area contributed by atoms with Gasteiger partial charge in [-0.2, -0.15) is 5.09 Å². The lowest BCUT2D eigenvalue weighted by Gasteiger charge is -2.31. The highest BCUT2D eigenvalue weighted by molar-refractivity contribution is 7.52. The predicted molar refractivity (Wildman–Crippen MR) is 135 cm³/mol. The molecule has 0 spiro atoms. The van der Waals surface area contributed by atoms with E-state index in [-0.39, 0.29) is 22.7 Å². The van der Waals surface area contributed by atoms with Crippen molar-refractivity contribution < 1.29 is 37.4 Å². The molecule has 13 nitrogen and oxygen atoms in total. The summed E-state index contributed by atoms with van der Waals surface area (Å²) in [5.41, 5.74) is 0.824. The summed E-state index contributed by atoms with van der Waals surface area (Å²) in [6.45, 7) is 4.70. The number of nitrogen functional groups attached to an aromatic ring is 1. The number of terminal acetylenes is 1. The number of esters is 1. The van der Waals surface area contributed by atoms with E-state index in [0.717, 1.165) is 6.33 Å². The van der Waals surface area contributed by atoms with E-state index in [0.29, 0.717) is 0 Å². The van der Waals surface area contributed by atoms with Gasteiger partial charge in [-0.3, -0.25) is 13.9 Å². The van der Waals surface area contributed by atoms with E-state index in [1.807, 2.05) is 5.92 Å². The van der Waals surface area contributed by atoms with Gasteiger partial charge in [0.25, 0.3) is 0 Å². The van der Waals surface area contributed by atoms with Gasteiger partial charge in [0.2, 0.25) is 5.67 Å². The van der Waals surface area contributed by atoms with Gasteiger partial charge in [-0.1, -0.05) is 24.1 Å². The molecule has 0 radical (unpaired) electrons. The lowest BCUT2D eigenvalue weighted by atomic mass is 9.96. The number of nitrogens with one attached hydrogen (secondary N) is 1. The molecule has 1 aliphatic heterocycles. The van der Waals surface area contributed by atoms with Crippen LogP contribution in [-0.2, 0) is 23.4 Å². The van der Waals surface area contributed by atoms with Gasteiger partial charge in [0.1, 0.15) is 35.8 Å². The molecule has 1 saturated carbocycles. The molecule has 3 aromatic rings. The largest absolute Gasteiger partial charge is 0.462 e. The average Bonchev–Trinajstić information content (AvgIpc) is 3.16. The van der Waals surface area contributed by atoms with Gasteiger partial charge < -0.3 is 24.8 Å². The third kappa shape index (κ3) is 4.42. The Hall–Kier alpha value is -3.60. The molecule has 1 saturated heterocycles. The molecule has 2 aromatic heterocycles. The fourth-order valence-corrected chi connectivity index (χ4v) is 6.13. The number of nitrogens with zero attached hydrogens (tertiary/aromatic N) is 4. The van der Waals surface area contributed by atoms with Crippen LogP contribution < -0.4 is 15.3 Å². The van der Waals surface area contributed by atoms with Crippen molar-refractivity contribution in [2.75, 3.05) is 5.73 Å². The molecule has 4 N–H and O–H groups in total. The van der Waals surface area contributed by atoms with Crippen molar-refractivity contribution in [3.8, 4) is 18.1 Å². The molecule has 15 heteroatoms. The summed E-state index contributed by atoms with van der Waals surface area (Å²) in [6.07, 6.45) is 3.05. The number of nitrogens with two attached hydrogens (primary N) is 1. The number of aliphatic hydroxyl groups is 1. The van der Waals surface area contributed by atoms with Crippen LogP contribution in [0.4, 0.5) is 10.2 Å². The van der Waals surface area contributed by atoms with E-state index < -0.39 is 55.6 Å². The van der Waals surface area contributed by atoms with Crippen molar-refractivity contribution >= 4 is 30.7 Å². The molecule has 2 fully saturated rings. The minimum Gasteiger partial charge on any atom is -0.462 e. The second-order valence-corrected chi connectivity index (χ2v) is 11.1. The molecule has 5 rings (SSSR count). The van der Waals surface area contributed by atoms with Crippen molar-refractivity contribution in [3.05, 3.63) is 43.0 Å². The van der Waals surface area contributed by atoms with Crippen molar-refractivity contribution in [2.24, 2.45) is 0 Å². The number of ether oxygens (including phenoxy) is 2. The molecule has 206 valence electrons. The zero-order valence-electron chi connectivity index (χ0n) is 21.1. The third-order valence-corrected chi connectivity index (χ3v) is 8.02. The third-order valence-electron chi connectivity index (χ3n) is 6.36. The number of halogens is 1. The fourth-order valence-electron chi connectivity index (χ4n) is 4.43. The number of anilines is 1. The standard InChI is InChI=1S/C24H26FN6O7P/c1-5-23(25)22(31-12-29-16-19(26)27-11-28-20(16)31)36-17-18(24(17,23)33)38-39(34,37-15-9-7-6-8-10-15)30-14(4)21(32)35-13(2)3/h1,6-14,17-18,22,33H,2-4H3,(H,30,34)(H2,26,27,28)/t14-,17+,18?,22+,23-,24-,39+/m0/s1. The zero-order valence-corrected chi connectivity index (χ0v) is 22.0. The van der Waals surface area contributed by atoms with E-state index in [9.17, 15) is 14.5 Å². The first kappa shape index (κ1) is 27.0. The Balaban J connectivity index is 1.42. The summed E-state index contributed by atoms with van der Waals surface area (Å²) in [4.78, 5) is 24.4. The summed E-state index contributed by atoms with van der Waals surface area (Å²) in [5.74, 6) is 1.42. The smallest absolute Gasteiger partial charge is 0.459 e. The van der Waals surface area contributed by atoms with Crippen LogP contribution in [0.25, 0.3) is 11.2 Å². The second-order valence-electron chi connectivity index (χ2n) is 9.44. The van der Waals surface area contributed by atoms with Crippen molar-refractivity contribution in [2.45, 2.75) is 62.6 Å². The molecule has 1 aliphatic carbocycles. The van der Waals surface area contributed by atoms with Crippen molar-refractivity contribution in [1.82, 2.24) is 24.6 Å². The SMILES string of the molecule is C#C[C@]1(F)[C@H](n2cnc3c(N)ncnc32)O[C@@H]2C(O[P@@](=O)(N[C@@H](C)C(=O)OC(C)C)Oc3ccccc3)[C@@]21O. The molecule has 2 aliphatic rings. The maximum Gasteiger partial charge on any atom is 0.459 e. The maximum atomic E-state index is 16.5. The molecule has 0 bridgehead atoms. The second kappa shape index (κ2) is 9.55. The molecule has 39 heavy (non-hydrogen) atoms. The normalized spacial score (nSPS) is 29.8. The number of imidazole rings is 1. The molecule has 1 unspecified atom stereocenters. The minimum atomic E-state index is -4.46. The van der Waals surface area contributed by atoms with Gasteiger partial charge in [0.15, 0.2) is 23.3 Å². The van der Waals surface area contributed by atoms with Gasteiger partial charge >= 0.3 is 13.7 Å². The Morgan fingerprint density at radius 2 is 2.03 bits per heavy atom. The number of carbonyl (C=O) groups excluding carboxylic acids is 1. The van der Waals surface area contributed by atoms with E-state index >= 15 is 4.39 Å². The first-order chi connectivity index (χ1) is 18.4. The zero-order chi connectivity index (χ0) is 28.2. The summed E-state index contributed by atoms with van der Waals surface area (Å²) in [7, 11) is -4.46. The van der Waals surface area contributed by atoms with Crippen molar-refractivity contribution in [1.29, 1.82) is 0 Å². The number of benzene rings is 1. The predicted octanol–water partition coefficient (Wildman–Crippen LogP) is 1.89. The van der Waals surface area contributed by atoms with Crippen LogP contribution in [0.1, 0.15) is 27.0 Å². The summed E-state index contributed by atoms with van der Waals surface area (Å²) in [5, 5.41) is 13.9. The van der Waals surface area contributed by atoms with Crippen molar-refractivity contribution in [3.63, 3.8) is 0 Å². The Kier molecular flexibility index (Phi) is 6.61. The fraction of sp³-hybridized carbons (Fsp3) is 0.417. The number of fused-ring (bicyclic) bond motifs is 2. The van der Waals surface area contributed by atoms with Crippen LogP contribution in [0, 0.1) is 12.3 Å². The first-order valence-electron chi connectivity index (χ1n) is 11.9. The van der Waals surface area contributed by atoms with E-state index in [1.165, 1.54) is 30.0 Å². The minimum absolute atomic E-state index is 0.0576. The quantitative estimate of drug-likeness (QED) is 0.197. The van der Waals surface area contributed by atoms with Crippen LogP contribution in [0.15, 0.2) is 43.0 Å². The molecular weight excluding hydrogens is 534 g/mol. The van der Waals surface area contributed by atoms with Gasteiger partial charge in [-0.15, -0.1) is 6.42 Å². The Morgan fingerprint density at radius 1 is 1.31 bits per heavy atom. The topological polar surface area (TPSA) is 173 Å². The molecule has 0 amide bonds.